The Hall–Kier alpha value is -2.57. The first-order valence-electron chi connectivity index (χ1n) is 33.3. The van der Waals surface area contributed by atoms with Crippen molar-refractivity contribution in [3.05, 3.63) is 0 Å². The highest BCUT2D eigenvalue weighted by Gasteiger charge is 2.19. The number of nitrogens with one attached hydrogen (secondary N) is 1. The van der Waals surface area contributed by atoms with Gasteiger partial charge in [-0.2, -0.15) is 8.42 Å². The Morgan fingerprint density at radius 2 is 0.556 bits per heavy atom. The zero-order valence-corrected chi connectivity index (χ0v) is 54.3. The molecule has 0 aromatic heterocycles. The Bertz CT molecular complexity index is 1330. The second-order valence-electron chi connectivity index (χ2n) is 22.0. The molecule has 486 valence electrons. The standard InChI is InChI=1S/C57H110O6.C4H13N3.C2H6O4S.CH4N2O/c1-4-7-10-13-16-19-22-25-28-31-34-37-40-43-46-49-55(58)61-52-54(63-57(60)51-48-45-42-39-36-33-30-27-24-21-18-15-12-9-6-3)53-62-56(59)50-47-44-41-38-35-32-29-26-23-20-17-14-11-8-5-2;5-1-3-7-4-2-6;1-5-7(3,4)6-2;2-1(3)4/h54H,4-53H2,1-3H3;7H,1-6H2;1-2H3;(H4,2,3,4). The summed E-state index contributed by atoms with van der Waals surface area (Å²) in [5.41, 5.74) is 18.8. The first-order chi connectivity index (χ1) is 39.3. The van der Waals surface area contributed by atoms with Gasteiger partial charge in [-0.25, -0.2) is 4.79 Å². The number of amides is 2. The molecule has 0 rings (SSSR count). The topological polar surface area (TPSA) is 265 Å². The van der Waals surface area contributed by atoms with Gasteiger partial charge in [0.1, 0.15) is 13.2 Å². The molecule has 0 unspecified atom stereocenters. The van der Waals surface area contributed by atoms with Crippen LogP contribution in [0, 0.1) is 0 Å². The van der Waals surface area contributed by atoms with E-state index in [0.29, 0.717) is 32.4 Å². The van der Waals surface area contributed by atoms with Crippen molar-refractivity contribution in [3.8, 4) is 0 Å². The minimum absolute atomic E-state index is 0.0611. The van der Waals surface area contributed by atoms with Crippen LogP contribution in [0.25, 0.3) is 0 Å². The number of ether oxygens (including phenoxy) is 3. The number of hydrogen-bond donors (Lipinski definition) is 5. The van der Waals surface area contributed by atoms with Gasteiger partial charge in [-0.3, -0.25) is 22.7 Å². The predicted molar refractivity (Wildman–Crippen MR) is 338 cm³/mol. The molecule has 0 spiro atoms. The molecule has 0 saturated heterocycles. The second kappa shape index (κ2) is 73.5. The molecule has 0 aliphatic rings. The number of carbonyl (C=O) groups is 4. The van der Waals surface area contributed by atoms with Crippen LogP contribution < -0.4 is 28.3 Å². The lowest BCUT2D eigenvalue weighted by atomic mass is 10.0. The fraction of sp³-hybridized carbons (Fsp3) is 0.938. The number of carbonyl (C=O) groups excluding carboxylic acids is 4. The molecule has 0 aliphatic carbocycles. The van der Waals surface area contributed by atoms with Crippen molar-refractivity contribution in [2.75, 3.05) is 53.6 Å². The van der Waals surface area contributed by atoms with Gasteiger partial charge < -0.3 is 42.5 Å². The van der Waals surface area contributed by atoms with Crippen molar-refractivity contribution < 1.29 is 50.2 Å². The van der Waals surface area contributed by atoms with E-state index in [9.17, 15) is 22.8 Å². The average molecular weight is 1180 g/mol. The molecule has 0 fully saturated rings. The van der Waals surface area contributed by atoms with E-state index < -0.39 is 22.5 Å². The molecule has 2 amide bonds. The van der Waals surface area contributed by atoms with E-state index in [1.54, 1.807) is 0 Å². The molecule has 0 bridgehead atoms. The molecule has 81 heavy (non-hydrogen) atoms. The lowest BCUT2D eigenvalue weighted by molar-refractivity contribution is -0.167. The Morgan fingerprint density at radius 3 is 0.741 bits per heavy atom. The van der Waals surface area contributed by atoms with E-state index in [4.69, 9.17) is 30.5 Å². The van der Waals surface area contributed by atoms with Crippen LogP contribution in [0.5, 0.6) is 0 Å². The molecule has 16 nitrogen and oxygen atoms in total. The molecule has 0 saturated carbocycles. The second-order valence-corrected chi connectivity index (χ2v) is 23.5. The lowest BCUT2D eigenvalue weighted by Crippen LogP contribution is -2.30. The zero-order valence-electron chi connectivity index (χ0n) is 53.5. The summed E-state index contributed by atoms with van der Waals surface area (Å²) >= 11 is 0. The van der Waals surface area contributed by atoms with Crippen LogP contribution in [0.2, 0.25) is 0 Å². The number of nitrogens with two attached hydrogens (primary N) is 4. The highest BCUT2D eigenvalue weighted by Crippen LogP contribution is 2.18. The summed E-state index contributed by atoms with van der Waals surface area (Å²) in [5.74, 6) is -0.832. The van der Waals surface area contributed by atoms with E-state index >= 15 is 0 Å². The number of esters is 3. The van der Waals surface area contributed by atoms with Gasteiger partial charge in [-0.1, -0.05) is 290 Å². The summed E-state index contributed by atoms with van der Waals surface area (Å²) in [5, 5.41) is 3.03. The molecular formula is C64H133N5O11S. The summed E-state index contributed by atoms with van der Waals surface area (Å²) in [4.78, 5) is 47.1. The van der Waals surface area contributed by atoms with Gasteiger partial charge in [0.05, 0.1) is 14.2 Å². The van der Waals surface area contributed by atoms with Gasteiger partial charge in [-0.05, 0) is 19.3 Å². The van der Waals surface area contributed by atoms with E-state index in [-0.39, 0.29) is 31.1 Å². The number of rotatable bonds is 59. The van der Waals surface area contributed by atoms with Gasteiger partial charge in [-0.15, -0.1) is 0 Å². The largest absolute Gasteiger partial charge is 0.462 e. The highest BCUT2D eigenvalue weighted by atomic mass is 32.3. The van der Waals surface area contributed by atoms with Crippen LogP contribution in [-0.2, 0) is 47.4 Å². The van der Waals surface area contributed by atoms with Crippen LogP contribution in [-0.4, -0.2) is 92.1 Å². The molecule has 0 aromatic rings. The maximum atomic E-state index is 12.8. The lowest BCUT2D eigenvalue weighted by Gasteiger charge is -2.18. The quantitative estimate of drug-likeness (QED) is 0.0215. The van der Waals surface area contributed by atoms with Crippen molar-refractivity contribution in [2.45, 2.75) is 335 Å². The van der Waals surface area contributed by atoms with Crippen LogP contribution >= 0.6 is 0 Å². The first kappa shape index (κ1) is 84.9. The molecule has 0 radical (unpaired) electrons. The smallest absolute Gasteiger partial charge is 0.399 e. The molecule has 0 aliphatic heterocycles. The van der Waals surface area contributed by atoms with E-state index in [1.165, 1.54) is 231 Å². The van der Waals surface area contributed by atoms with Gasteiger partial charge in [0.15, 0.2) is 6.10 Å². The normalized spacial score (nSPS) is 11.0. The molecule has 17 heteroatoms. The minimum Gasteiger partial charge on any atom is -0.462 e. The number of primary amides is 2. The zero-order chi connectivity index (χ0) is 60.8. The van der Waals surface area contributed by atoms with Crippen molar-refractivity contribution in [1.82, 2.24) is 5.32 Å². The Morgan fingerprint density at radius 1 is 0.358 bits per heavy atom. The van der Waals surface area contributed by atoms with Crippen LogP contribution in [0.15, 0.2) is 0 Å². The third-order valence-electron chi connectivity index (χ3n) is 14.2. The maximum absolute atomic E-state index is 12.8. The SMILES string of the molecule is CCCCCCCCCCCCCCCCCC(=O)OCC(COC(=O)CCCCCCCCCCCCCCCCC)OC(=O)CCCCCCCCCCCCCCCCC.COS(=O)(=O)OC.NC(N)=O.NCCNCCN. The molecular weight excluding hydrogens is 1050 g/mol. The fourth-order valence-electron chi connectivity index (χ4n) is 9.20. The molecule has 9 N–H and O–H groups in total. The third-order valence-corrected chi connectivity index (χ3v) is 15.0. The number of urea groups is 1. The fourth-order valence-corrected chi connectivity index (χ4v) is 9.33. The monoisotopic (exact) mass is 1180 g/mol. The number of hydrogen-bond acceptors (Lipinski definition) is 14. The first-order valence-corrected chi connectivity index (χ1v) is 34.7. The minimum atomic E-state index is -3.66. The van der Waals surface area contributed by atoms with Crippen molar-refractivity contribution in [3.63, 3.8) is 0 Å². The van der Waals surface area contributed by atoms with Gasteiger partial charge in [0, 0.05) is 45.4 Å². The Balaban J connectivity index is -0.00000140. The van der Waals surface area contributed by atoms with Crippen molar-refractivity contribution >= 4 is 34.3 Å². The van der Waals surface area contributed by atoms with Crippen LogP contribution in [0.3, 0.4) is 0 Å². The predicted octanol–water partition coefficient (Wildman–Crippen LogP) is 15.8. The maximum Gasteiger partial charge on any atom is 0.399 e. The summed E-state index contributed by atoms with van der Waals surface area (Å²) in [6, 6.07) is -0.833. The van der Waals surface area contributed by atoms with Crippen LogP contribution in [0.4, 0.5) is 4.79 Å². The number of unbranched alkanes of at least 4 members (excludes halogenated alkanes) is 42. The summed E-state index contributed by atoms with van der Waals surface area (Å²) < 4.78 is 44.4. The van der Waals surface area contributed by atoms with E-state index in [2.05, 4.69) is 45.9 Å². The molecule has 0 atom stereocenters. The van der Waals surface area contributed by atoms with Crippen LogP contribution in [0.1, 0.15) is 329 Å². The molecule has 0 aromatic carbocycles. The summed E-state index contributed by atoms with van der Waals surface area (Å²) in [6.45, 7) is 9.84. The van der Waals surface area contributed by atoms with Gasteiger partial charge >= 0.3 is 34.3 Å². The highest BCUT2D eigenvalue weighted by molar-refractivity contribution is 7.81. The van der Waals surface area contributed by atoms with Gasteiger partial charge in [0.25, 0.3) is 0 Å². The summed E-state index contributed by atoms with van der Waals surface area (Å²) in [6.07, 6.45) is 58.0. The third kappa shape index (κ3) is 84.0. The molecule has 0 heterocycles. The van der Waals surface area contributed by atoms with E-state index in [1.807, 2.05) is 0 Å². The Labute approximate surface area is 499 Å². The van der Waals surface area contributed by atoms with Crippen molar-refractivity contribution in [1.29, 1.82) is 0 Å². The summed E-state index contributed by atoms with van der Waals surface area (Å²) in [7, 11) is -1.60. The van der Waals surface area contributed by atoms with Crippen molar-refractivity contribution in [2.24, 2.45) is 22.9 Å². The Kier molecular flexibility index (Phi) is 77.1. The van der Waals surface area contributed by atoms with E-state index in [0.717, 1.165) is 85.1 Å². The van der Waals surface area contributed by atoms with Gasteiger partial charge in [0.2, 0.25) is 0 Å². The average Bonchev–Trinajstić information content (AvgIpc) is 3.45.